The van der Waals surface area contributed by atoms with Crippen molar-refractivity contribution in [2.24, 2.45) is 10.2 Å². The minimum Gasteiger partial charge on any atom is -0.744 e. The Morgan fingerprint density at radius 1 is 0.413 bits per heavy atom. The zero-order chi connectivity index (χ0) is 88.7. The molecule has 18 rings (SSSR count). The summed E-state index contributed by atoms with van der Waals surface area (Å²) in [5.41, 5.74) is 24.4. The summed E-state index contributed by atoms with van der Waals surface area (Å²) in [6.07, 6.45) is 14.9. The van der Waals surface area contributed by atoms with Gasteiger partial charge >= 0.3 is 0 Å². The number of anilines is 2. The first kappa shape index (κ1) is 87.0. The summed E-state index contributed by atoms with van der Waals surface area (Å²) in [4.78, 5) is 31.7. The molecule has 10 heterocycles. The molecule has 0 atom stereocenters. The number of rotatable bonds is 24. The average molecular weight is 1820 g/mol. The number of hydrogen-bond donors (Lipinski definition) is 4. The lowest BCUT2D eigenvalue weighted by Crippen LogP contribution is -2.45. The molecule has 10 aliphatic heterocycles. The van der Waals surface area contributed by atoms with Crippen molar-refractivity contribution in [2.75, 3.05) is 88.3 Å². The SMILES string of the molecule is [N-]=[N+]=Nc1c(F)c(F)c(C(=O)NCCCCCNS(=O)(=O)c2cc(S(=O)(=O)[O-])ccc2C2=c3cc4c5c(c3Oc3c2cc2c6c3CCCN6CCC2)CCC[N+]=5CCC4)c(F)c1F.[N-]=[N+]=Nc1c(F)c(F)c(C(=O)NCCCCCNS(=O)(=O)c2ccc(C3=c4cc5c6c(c4Oc4c3cc3c7c4CCCN7CCC3)CCC[N+]=6CCC5)c(S(=O)(=O)[O-])c2)c(F)c1F. The largest absolute Gasteiger partial charge is 0.744 e. The van der Waals surface area contributed by atoms with Gasteiger partial charge in [0, 0.05) is 165 Å². The minimum atomic E-state index is -5.27. The molecule has 28 nitrogen and oxygen atoms in total. The van der Waals surface area contributed by atoms with Crippen molar-refractivity contribution in [3.63, 3.8) is 0 Å². The molecule has 0 unspecified atom stereocenters. The molecule has 0 bridgehead atoms. The van der Waals surface area contributed by atoms with Crippen LogP contribution in [0.15, 0.2) is 90.5 Å². The van der Waals surface area contributed by atoms with Crippen LogP contribution in [-0.2, 0) is 91.6 Å². The van der Waals surface area contributed by atoms with E-state index in [4.69, 9.17) is 20.5 Å². The number of sulfonamides is 2. The van der Waals surface area contributed by atoms with Crippen LogP contribution in [-0.4, -0.2) is 133 Å². The molecule has 40 heteroatoms. The average Bonchev–Trinajstić information content (AvgIpc) is 0.709. The van der Waals surface area contributed by atoms with Crippen molar-refractivity contribution in [3.8, 4) is 23.0 Å². The standard InChI is InChI=1S/2C43H41F4N7O7S2/c44-34-33(35(45)37(47)38(36(34)46)51-52-48)43(55)49-14-2-1-3-15-50-62(56,57)31-22-25(63(58,59)60)12-13-26(31)32-29-20-23-8-4-16-53-18-6-10-27(39(23)53)41(29)61-42-28-11-7-19-54-17-5-9-24(40(28)54)21-30(32)42;44-34-33(35(45)37(47)38(36(34)46)51-52-48)43(55)49-14-2-1-3-15-50-62(56,57)25-12-13-26(31(22-25)63(58,59)60)32-29-20-23-8-4-16-53-18-6-10-27(39(23)53)41(29)61-42-28-11-7-19-54-17-5-9-24(40(28)54)21-30(32)42/h2*12-13,20-22,50H,1-11,14-19H2,(H-,49,55,58,59,60). The highest BCUT2D eigenvalue weighted by molar-refractivity contribution is 7.90. The molecule has 0 radical (unpaired) electrons. The van der Waals surface area contributed by atoms with E-state index in [-0.39, 0.29) is 75.8 Å². The summed E-state index contributed by atoms with van der Waals surface area (Å²) >= 11 is 0. The number of benzene rings is 8. The molecule has 126 heavy (non-hydrogen) atoms. The summed E-state index contributed by atoms with van der Waals surface area (Å²) in [5, 5.41) is 13.2. The number of fused-ring (bicyclic) bond motifs is 8. The van der Waals surface area contributed by atoms with E-state index >= 15 is 0 Å². The van der Waals surface area contributed by atoms with Crippen LogP contribution >= 0.6 is 0 Å². The number of unbranched alkanes of at least 4 members (excludes halogenated alkanes) is 4. The van der Waals surface area contributed by atoms with E-state index in [1.165, 1.54) is 18.2 Å². The molecule has 660 valence electrons. The van der Waals surface area contributed by atoms with Gasteiger partial charge in [-0.15, -0.1) is 0 Å². The molecule has 10 aliphatic rings. The Morgan fingerprint density at radius 3 is 1.21 bits per heavy atom. The maximum atomic E-state index is 14.5. The lowest BCUT2D eigenvalue weighted by atomic mass is 9.82. The molecule has 0 saturated carbocycles. The van der Waals surface area contributed by atoms with E-state index in [2.05, 4.69) is 83.3 Å². The molecular weight excluding hydrogens is 1730 g/mol. The van der Waals surface area contributed by atoms with Crippen molar-refractivity contribution < 1.29 is 97.0 Å². The zero-order valence-corrected chi connectivity index (χ0v) is 70.9. The van der Waals surface area contributed by atoms with E-state index < -0.39 is 141 Å². The minimum absolute atomic E-state index is 0.0832. The molecule has 8 aromatic rings. The number of carbonyl (C=O) groups is 2. The van der Waals surface area contributed by atoms with Gasteiger partial charge in [0.05, 0.1) is 30.7 Å². The van der Waals surface area contributed by atoms with Gasteiger partial charge in [-0.3, -0.25) is 9.59 Å². The molecule has 0 aromatic heterocycles. The molecule has 2 amide bonds. The number of azide groups is 2. The predicted octanol–water partition coefficient (Wildman–Crippen LogP) is 10.8. The number of halogens is 8. The molecule has 8 aromatic carbocycles. The van der Waals surface area contributed by atoms with Gasteiger partial charge in [-0.2, -0.15) is 0 Å². The number of carbonyl (C=O) groups excluding carboxylic acids is 2. The van der Waals surface area contributed by atoms with Crippen molar-refractivity contribution in [1.29, 1.82) is 0 Å². The number of nitrogens with one attached hydrogen (secondary N) is 4. The van der Waals surface area contributed by atoms with Crippen LogP contribution in [0.3, 0.4) is 0 Å². The molecule has 4 N–H and O–H groups in total. The smallest absolute Gasteiger partial charge is 0.257 e. The summed E-state index contributed by atoms with van der Waals surface area (Å²) < 4.78 is 271. The van der Waals surface area contributed by atoms with E-state index in [0.29, 0.717) is 55.7 Å². The third-order valence-electron chi connectivity index (χ3n) is 25.1. The molecular formula is C86H82F8N14O14S4. The Hall–Kier alpha value is -11.1. The summed E-state index contributed by atoms with van der Waals surface area (Å²) in [5.74, 6) is -16.6. The second-order valence-corrected chi connectivity index (χ2v) is 38.9. The highest BCUT2D eigenvalue weighted by Gasteiger charge is 2.42. The van der Waals surface area contributed by atoms with Gasteiger partial charge in [-0.1, -0.05) is 35.2 Å². The third-order valence-corrected chi connectivity index (χ3v) is 29.7. The van der Waals surface area contributed by atoms with Gasteiger partial charge in [-0.05, 0) is 173 Å². The van der Waals surface area contributed by atoms with Crippen LogP contribution in [0.5, 0.6) is 23.0 Å². The Bertz CT molecular complexity index is 6890. The Labute approximate surface area is 717 Å². The number of hydrogen-bond acceptors (Lipinski definition) is 18. The van der Waals surface area contributed by atoms with Crippen molar-refractivity contribution >= 4 is 86.0 Å². The first-order valence-corrected chi connectivity index (χ1v) is 47.6. The van der Waals surface area contributed by atoms with Gasteiger partial charge in [-0.25, -0.2) is 87.4 Å². The number of aryl methyl sites for hydroxylation is 4. The van der Waals surface area contributed by atoms with Crippen LogP contribution in [0.2, 0.25) is 0 Å². The van der Waals surface area contributed by atoms with E-state index in [9.17, 15) is 87.5 Å². The molecule has 0 fully saturated rings. The van der Waals surface area contributed by atoms with Gasteiger partial charge in [0.15, 0.2) is 46.5 Å². The normalized spacial score (nSPS) is 16.3. The lowest BCUT2D eigenvalue weighted by Gasteiger charge is -2.39. The van der Waals surface area contributed by atoms with Crippen LogP contribution < -0.4 is 69.7 Å². The van der Waals surface area contributed by atoms with Crippen LogP contribution in [0, 0.1) is 46.5 Å². The zero-order valence-electron chi connectivity index (χ0n) is 67.7. The topological polar surface area (TPSA) is 393 Å². The van der Waals surface area contributed by atoms with E-state index in [1.54, 1.807) is 0 Å². The van der Waals surface area contributed by atoms with Crippen LogP contribution in [0.1, 0.15) is 177 Å². The Kier molecular flexibility index (Phi) is 23.9. The fourth-order valence-corrected chi connectivity index (χ4v) is 23.5. The predicted molar refractivity (Wildman–Crippen MR) is 442 cm³/mol. The summed E-state index contributed by atoms with van der Waals surface area (Å²) in [7, 11) is -19.3. The lowest BCUT2D eigenvalue weighted by molar-refractivity contribution is 0.0933. The monoisotopic (exact) mass is 1810 g/mol. The maximum absolute atomic E-state index is 14.5. The van der Waals surface area contributed by atoms with Gasteiger partial charge in [0.2, 0.25) is 30.8 Å². The molecule has 0 saturated heterocycles. The third kappa shape index (κ3) is 15.8. The van der Waals surface area contributed by atoms with E-state index in [1.807, 2.05) is 0 Å². The van der Waals surface area contributed by atoms with Gasteiger partial charge in [0.25, 0.3) is 11.8 Å². The van der Waals surface area contributed by atoms with Crippen molar-refractivity contribution in [3.05, 3.63) is 227 Å². The highest BCUT2D eigenvalue weighted by Crippen LogP contribution is 2.52. The number of amides is 2. The first-order chi connectivity index (χ1) is 60.4. The summed E-state index contributed by atoms with van der Waals surface area (Å²) in [6.45, 7) is 6.65. The van der Waals surface area contributed by atoms with Crippen molar-refractivity contribution in [1.82, 2.24) is 29.2 Å². The number of ether oxygens (including phenoxy) is 2. The van der Waals surface area contributed by atoms with Gasteiger partial charge in [0.1, 0.15) is 91.9 Å². The number of nitrogens with zero attached hydrogens (tertiary/aromatic N) is 10. The summed E-state index contributed by atoms with van der Waals surface area (Å²) in [6, 6.07) is 15.3. The Morgan fingerprint density at radius 2 is 0.786 bits per heavy atom. The Balaban J connectivity index is 0.000000178. The van der Waals surface area contributed by atoms with Crippen molar-refractivity contribution in [2.45, 2.75) is 161 Å². The van der Waals surface area contributed by atoms with E-state index in [0.717, 1.165) is 240 Å². The fourth-order valence-electron chi connectivity index (χ4n) is 19.7. The highest BCUT2D eigenvalue weighted by atomic mass is 32.2. The quantitative estimate of drug-likeness (QED) is 0.00638. The fraction of sp³-hybridized carbons (Fsp3) is 0.395. The molecule has 0 spiro atoms. The second-order valence-electron chi connectivity index (χ2n) is 32.7. The molecule has 0 aliphatic carbocycles. The van der Waals surface area contributed by atoms with Gasteiger partial charge < -0.3 is 39.0 Å². The van der Waals surface area contributed by atoms with Crippen LogP contribution in [0.4, 0.5) is 57.9 Å². The second kappa shape index (κ2) is 34.6. The first-order valence-electron chi connectivity index (χ1n) is 41.8. The van der Waals surface area contributed by atoms with Crippen LogP contribution in [0.25, 0.3) is 32.0 Å². The maximum Gasteiger partial charge on any atom is 0.257 e.